The third-order valence-electron chi connectivity index (χ3n) is 4.07. The van der Waals surface area contributed by atoms with Gasteiger partial charge in [-0.1, -0.05) is 17.7 Å². The standard InChI is InChI=1S/C16H20N2O2S/c1-14-6-8-16(9-7-14)21(19,20)18-12-4-5-15(13-18)17-10-2-3-11-17/h2-3,6-11,15H,4-5,12-13H2,1H3/t15-/m1/s1. The smallest absolute Gasteiger partial charge is 0.243 e. The zero-order valence-electron chi connectivity index (χ0n) is 12.1. The van der Waals surface area contributed by atoms with E-state index in [0.29, 0.717) is 18.0 Å². The van der Waals surface area contributed by atoms with Gasteiger partial charge in [0.1, 0.15) is 0 Å². The maximum Gasteiger partial charge on any atom is 0.243 e. The van der Waals surface area contributed by atoms with Crippen LogP contribution in [0.4, 0.5) is 0 Å². The fourth-order valence-electron chi connectivity index (χ4n) is 2.83. The van der Waals surface area contributed by atoms with Gasteiger partial charge < -0.3 is 4.57 Å². The zero-order valence-corrected chi connectivity index (χ0v) is 13.0. The number of benzene rings is 1. The predicted octanol–water partition coefficient (Wildman–Crippen LogP) is 2.82. The lowest BCUT2D eigenvalue weighted by atomic mass is 10.1. The molecular weight excluding hydrogens is 284 g/mol. The van der Waals surface area contributed by atoms with Crippen molar-refractivity contribution < 1.29 is 8.42 Å². The number of hydrogen-bond donors (Lipinski definition) is 0. The van der Waals surface area contributed by atoms with E-state index in [4.69, 9.17) is 0 Å². The molecule has 3 rings (SSSR count). The van der Waals surface area contributed by atoms with Crippen LogP contribution >= 0.6 is 0 Å². The van der Waals surface area contributed by atoms with Crippen LogP contribution in [-0.4, -0.2) is 30.4 Å². The van der Waals surface area contributed by atoms with E-state index in [1.54, 1.807) is 16.4 Å². The first-order valence-electron chi connectivity index (χ1n) is 7.26. The highest BCUT2D eigenvalue weighted by Crippen LogP contribution is 2.26. The molecule has 2 heterocycles. The molecule has 1 saturated heterocycles. The number of nitrogens with zero attached hydrogens (tertiary/aromatic N) is 2. The third-order valence-corrected chi connectivity index (χ3v) is 5.95. The molecule has 0 aliphatic carbocycles. The Kier molecular flexibility index (Phi) is 3.87. The quantitative estimate of drug-likeness (QED) is 0.875. The second-order valence-electron chi connectivity index (χ2n) is 5.60. The fraction of sp³-hybridized carbons (Fsp3) is 0.375. The largest absolute Gasteiger partial charge is 0.350 e. The molecule has 0 radical (unpaired) electrons. The molecule has 0 N–H and O–H groups in total. The predicted molar refractivity (Wildman–Crippen MR) is 82.6 cm³/mol. The summed E-state index contributed by atoms with van der Waals surface area (Å²) >= 11 is 0. The van der Waals surface area contributed by atoms with Gasteiger partial charge in [-0.15, -0.1) is 0 Å². The van der Waals surface area contributed by atoms with Crippen molar-refractivity contribution >= 4 is 10.0 Å². The van der Waals surface area contributed by atoms with Gasteiger partial charge in [0, 0.05) is 31.5 Å². The van der Waals surface area contributed by atoms with Crippen LogP contribution in [0.2, 0.25) is 0 Å². The van der Waals surface area contributed by atoms with Crippen LogP contribution in [0.3, 0.4) is 0 Å². The van der Waals surface area contributed by atoms with Crippen LogP contribution in [0.1, 0.15) is 24.4 Å². The van der Waals surface area contributed by atoms with Gasteiger partial charge in [-0.05, 0) is 44.0 Å². The first-order valence-corrected chi connectivity index (χ1v) is 8.71. The van der Waals surface area contributed by atoms with E-state index in [0.717, 1.165) is 18.4 Å². The normalized spacial score (nSPS) is 20.5. The summed E-state index contributed by atoms with van der Waals surface area (Å²) in [6, 6.07) is 11.3. The van der Waals surface area contributed by atoms with E-state index in [9.17, 15) is 8.42 Å². The van der Waals surface area contributed by atoms with Gasteiger partial charge in [0.2, 0.25) is 10.0 Å². The van der Waals surface area contributed by atoms with E-state index >= 15 is 0 Å². The van der Waals surface area contributed by atoms with Crippen LogP contribution in [0.5, 0.6) is 0 Å². The molecule has 2 aromatic rings. The van der Waals surface area contributed by atoms with Gasteiger partial charge in [-0.3, -0.25) is 0 Å². The average Bonchev–Trinajstić information content (AvgIpc) is 3.02. The van der Waals surface area contributed by atoms with Gasteiger partial charge in [0.25, 0.3) is 0 Å². The molecule has 1 aromatic carbocycles. The lowest BCUT2D eigenvalue weighted by Gasteiger charge is -2.32. The summed E-state index contributed by atoms with van der Waals surface area (Å²) in [5.41, 5.74) is 1.07. The minimum absolute atomic E-state index is 0.231. The Morgan fingerprint density at radius 2 is 1.76 bits per heavy atom. The highest BCUT2D eigenvalue weighted by Gasteiger charge is 2.30. The van der Waals surface area contributed by atoms with Gasteiger partial charge >= 0.3 is 0 Å². The minimum Gasteiger partial charge on any atom is -0.350 e. The van der Waals surface area contributed by atoms with Gasteiger partial charge in [-0.25, -0.2) is 8.42 Å². The summed E-state index contributed by atoms with van der Waals surface area (Å²) in [7, 11) is -3.38. The molecule has 112 valence electrons. The molecule has 1 aliphatic heterocycles. The van der Waals surface area contributed by atoms with E-state index in [1.165, 1.54) is 0 Å². The molecule has 1 fully saturated rings. The van der Waals surface area contributed by atoms with E-state index in [1.807, 2.05) is 43.6 Å². The monoisotopic (exact) mass is 304 g/mol. The molecule has 1 atom stereocenters. The molecule has 0 unspecified atom stereocenters. The third kappa shape index (κ3) is 2.89. The van der Waals surface area contributed by atoms with Crippen molar-refractivity contribution in [2.75, 3.05) is 13.1 Å². The van der Waals surface area contributed by atoms with Crippen molar-refractivity contribution in [3.05, 3.63) is 54.4 Å². The number of piperidine rings is 1. The maximum atomic E-state index is 12.7. The summed E-state index contributed by atoms with van der Waals surface area (Å²) in [4.78, 5) is 0.390. The Hall–Kier alpha value is -1.59. The lowest BCUT2D eigenvalue weighted by molar-refractivity contribution is 0.267. The van der Waals surface area contributed by atoms with Gasteiger partial charge in [-0.2, -0.15) is 4.31 Å². The maximum absolute atomic E-state index is 12.7. The average molecular weight is 304 g/mol. The van der Waals surface area contributed by atoms with Crippen molar-refractivity contribution in [3.63, 3.8) is 0 Å². The van der Waals surface area contributed by atoms with E-state index in [2.05, 4.69) is 4.57 Å². The molecule has 0 amide bonds. The molecule has 5 heteroatoms. The lowest BCUT2D eigenvalue weighted by Crippen LogP contribution is -2.40. The molecular formula is C16H20N2O2S. The van der Waals surface area contributed by atoms with Crippen molar-refractivity contribution in [2.45, 2.75) is 30.7 Å². The Morgan fingerprint density at radius 3 is 2.43 bits per heavy atom. The molecule has 1 aromatic heterocycles. The summed E-state index contributed by atoms with van der Waals surface area (Å²) in [5.74, 6) is 0. The van der Waals surface area contributed by atoms with Crippen molar-refractivity contribution in [2.24, 2.45) is 0 Å². The Bertz CT molecular complexity index is 690. The highest BCUT2D eigenvalue weighted by atomic mass is 32.2. The van der Waals surface area contributed by atoms with Gasteiger partial charge in [0.15, 0.2) is 0 Å². The Balaban J connectivity index is 1.83. The Morgan fingerprint density at radius 1 is 1.10 bits per heavy atom. The van der Waals surface area contributed by atoms with Crippen LogP contribution in [0.25, 0.3) is 0 Å². The van der Waals surface area contributed by atoms with E-state index in [-0.39, 0.29) is 6.04 Å². The van der Waals surface area contributed by atoms with Crippen LogP contribution in [0, 0.1) is 6.92 Å². The SMILES string of the molecule is Cc1ccc(S(=O)(=O)N2CCC[C@@H](n3cccc3)C2)cc1. The number of rotatable bonds is 3. The molecule has 0 bridgehead atoms. The summed E-state index contributed by atoms with van der Waals surface area (Å²) in [6.07, 6.45) is 5.93. The first kappa shape index (κ1) is 14.4. The van der Waals surface area contributed by atoms with Crippen molar-refractivity contribution in [1.82, 2.24) is 8.87 Å². The highest BCUT2D eigenvalue weighted by molar-refractivity contribution is 7.89. The topological polar surface area (TPSA) is 42.3 Å². The fourth-order valence-corrected chi connectivity index (χ4v) is 4.35. The Labute approximate surface area is 126 Å². The summed E-state index contributed by atoms with van der Waals surface area (Å²) < 4.78 is 29.2. The number of hydrogen-bond acceptors (Lipinski definition) is 2. The first-order chi connectivity index (χ1) is 10.1. The minimum atomic E-state index is -3.38. The zero-order chi connectivity index (χ0) is 14.9. The van der Waals surface area contributed by atoms with E-state index < -0.39 is 10.0 Å². The second-order valence-corrected chi connectivity index (χ2v) is 7.54. The number of aromatic nitrogens is 1. The van der Waals surface area contributed by atoms with Crippen LogP contribution < -0.4 is 0 Å². The van der Waals surface area contributed by atoms with Crippen molar-refractivity contribution in [1.29, 1.82) is 0 Å². The molecule has 0 saturated carbocycles. The van der Waals surface area contributed by atoms with Crippen molar-refractivity contribution in [3.8, 4) is 0 Å². The number of sulfonamides is 1. The summed E-state index contributed by atoms with van der Waals surface area (Å²) in [5, 5.41) is 0. The summed E-state index contributed by atoms with van der Waals surface area (Å²) in [6.45, 7) is 3.11. The molecule has 0 spiro atoms. The number of aryl methyl sites for hydroxylation is 1. The molecule has 4 nitrogen and oxygen atoms in total. The van der Waals surface area contributed by atoms with Crippen LogP contribution in [-0.2, 0) is 10.0 Å². The molecule has 1 aliphatic rings. The second kappa shape index (κ2) is 5.66. The molecule has 21 heavy (non-hydrogen) atoms. The van der Waals surface area contributed by atoms with Crippen LogP contribution in [0.15, 0.2) is 53.7 Å². The van der Waals surface area contributed by atoms with Gasteiger partial charge in [0.05, 0.1) is 4.90 Å².